The minimum atomic E-state index is -0.551. The van der Waals surface area contributed by atoms with Crippen LogP contribution >= 0.6 is 72.4 Å². The van der Waals surface area contributed by atoms with E-state index in [9.17, 15) is 10.1 Å². The Kier molecular flexibility index (Phi) is 10.7. The Morgan fingerprint density at radius 3 is 2.31 bits per heavy atom. The molecule has 140 valence electrons. The molecule has 0 saturated carbocycles. The molecule has 0 bridgehead atoms. The Bertz CT molecular complexity index is 933. The fourth-order valence-electron chi connectivity index (χ4n) is 1.82. The summed E-state index contributed by atoms with van der Waals surface area (Å²) in [7, 11) is 3.09. The molecule has 2 aromatic carbocycles. The van der Waals surface area contributed by atoms with Gasteiger partial charge in [0, 0.05) is 43.3 Å². The Morgan fingerprint density at radius 2 is 1.73 bits per heavy atom. The predicted molar refractivity (Wildman–Crippen MR) is 126 cm³/mol. The smallest absolute Gasteiger partial charge is 0.291 e. The van der Waals surface area contributed by atoms with E-state index < -0.39 is 4.92 Å². The summed E-state index contributed by atoms with van der Waals surface area (Å²) in [5.74, 6) is 1.28. The lowest BCUT2D eigenvalue weighted by molar-refractivity contribution is -0.384. The largest absolute Gasteiger partial charge is 0.497 e. The fraction of sp³-hybridized carbons (Fsp3) is 0.133. The molecule has 0 atom stereocenters. The molecule has 0 aliphatic carbocycles. The standard InChI is InChI=1S/C8H7NOS2.C7H6ClNO3.I2/c1-10-5-2-3-7-6(4-5)9-8(11)12-7;1-12-5-2-3-6(8)7(4-5)9(10)11;1-2/h2-4H,1H3,(H,9,11);2-4H,1H3;. The van der Waals surface area contributed by atoms with Crippen molar-refractivity contribution in [3.05, 3.63) is 55.5 Å². The van der Waals surface area contributed by atoms with Gasteiger partial charge in [-0.15, -0.1) is 11.3 Å². The number of nitro groups is 1. The number of rotatable bonds is 3. The van der Waals surface area contributed by atoms with Crippen LogP contribution in [-0.2, 0) is 0 Å². The summed E-state index contributed by atoms with van der Waals surface area (Å²) in [6.07, 6.45) is 0. The minimum Gasteiger partial charge on any atom is -0.497 e. The summed E-state index contributed by atoms with van der Waals surface area (Å²) < 4.78 is 11.9. The molecule has 0 aliphatic heterocycles. The molecule has 26 heavy (non-hydrogen) atoms. The van der Waals surface area contributed by atoms with Gasteiger partial charge in [-0.1, -0.05) is 11.6 Å². The summed E-state index contributed by atoms with van der Waals surface area (Å²) in [4.78, 5) is 12.9. The zero-order valence-electron chi connectivity index (χ0n) is 13.5. The topological polar surface area (TPSA) is 77.4 Å². The van der Waals surface area contributed by atoms with Gasteiger partial charge >= 0.3 is 0 Å². The number of halogens is 3. The monoisotopic (exact) mass is 638 g/mol. The van der Waals surface area contributed by atoms with Crippen molar-refractivity contribution in [1.82, 2.24) is 4.98 Å². The molecule has 0 spiro atoms. The first-order valence-electron chi connectivity index (χ1n) is 6.73. The maximum Gasteiger partial charge on any atom is 0.291 e. The molecular formula is C15H13ClI2N2O4S2. The lowest BCUT2D eigenvalue weighted by Gasteiger charge is -1.99. The van der Waals surface area contributed by atoms with Crippen LogP contribution in [0.5, 0.6) is 11.5 Å². The maximum atomic E-state index is 10.4. The van der Waals surface area contributed by atoms with Crippen LogP contribution in [-0.4, -0.2) is 24.1 Å². The molecule has 0 aliphatic rings. The van der Waals surface area contributed by atoms with Crippen LogP contribution in [0.25, 0.3) is 10.2 Å². The molecule has 1 heterocycles. The highest BCUT2D eigenvalue weighted by Gasteiger charge is 2.12. The van der Waals surface area contributed by atoms with E-state index in [1.807, 2.05) is 18.2 Å². The first-order chi connectivity index (χ1) is 12.4. The lowest BCUT2D eigenvalue weighted by atomic mass is 10.3. The van der Waals surface area contributed by atoms with Crippen molar-refractivity contribution in [1.29, 1.82) is 0 Å². The Morgan fingerprint density at radius 1 is 1.15 bits per heavy atom. The number of nitrogens with one attached hydrogen (secondary N) is 1. The van der Waals surface area contributed by atoms with Gasteiger partial charge in [0.25, 0.3) is 5.69 Å². The highest BCUT2D eigenvalue weighted by Crippen LogP contribution is 2.28. The summed E-state index contributed by atoms with van der Waals surface area (Å²) in [5, 5.41) is 10.5. The zero-order chi connectivity index (χ0) is 19.7. The summed E-state index contributed by atoms with van der Waals surface area (Å²) in [6.45, 7) is 0. The summed E-state index contributed by atoms with van der Waals surface area (Å²) in [5.41, 5.74) is 0.903. The number of thiazole rings is 1. The molecule has 3 aromatic rings. The highest BCUT2D eigenvalue weighted by molar-refractivity contribution is 15.0. The molecule has 11 heteroatoms. The molecule has 0 fully saturated rings. The van der Waals surface area contributed by atoms with Crippen LogP contribution < -0.4 is 9.47 Å². The number of nitro benzene ring substituents is 1. The Hall–Kier alpha value is -0.700. The van der Waals surface area contributed by atoms with Gasteiger partial charge in [-0.2, -0.15) is 0 Å². The van der Waals surface area contributed by atoms with Gasteiger partial charge in [0.2, 0.25) is 0 Å². The van der Waals surface area contributed by atoms with E-state index >= 15 is 0 Å². The van der Waals surface area contributed by atoms with Crippen molar-refractivity contribution < 1.29 is 14.4 Å². The van der Waals surface area contributed by atoms with Gasteiger partial charge in [0.05, 0.1) is 35.4 Å². The van der Waals surface area contributed by atoms with E-state index in [-0.39, 0.29) is 10.7 Å². The van der Waals surface area contributed by atoms with Gasteiger partial charge in [-0.3, -0.25) is 10.1 Å². The number of aromatic amines is 1. The number of aromatic nitrogens is 1. The van der Waals surface area contributed by atoms with Gasteiger partial charge < -0.3 is 14.5 Å². The van der Waals surface area contributed by atoms with E-state index in [2.05, 4.69) is 42.2 Å². The number of nitrogens with zero attached hydrogens (tertiary/aromatic N) is 1. The molecule has 0 radical (unpaired) electrons. The van der Waals surface area contributed by atoms with Gasteiger partial charge in [0.1, 0.15) is 16.5 Å². The molecule has 0 amide bonds. The first kappa shape index (κ1) is 23.3. The number of fused-ring (bicyclic) bond motifs is 1. The molecule has 3 rings (SSSR count). The number of benzene rings is 2. The van der Waals surface area contributed by atoms with Crippen molar-refractivity contribution in [2.45, 2.75) is 0 Å². The van der Waals surface area contributed by atoms with E-state index in [0.29, 0.717) is 5.75 Å². The van der Waals surface area contributed by atoms with Crippen LogP contribution in [0, 0.1) is 14.1 Å². The molecule has 6 nitrogen and oxygen atoms in total. The van der Waals surface area contributed by atoms with E-state index in [0.717, 1.165) is 15.2 Å². The van der Waals surface area contributed by atoms with Crippen LogP contribution in [0.4, 0.5) is 5.69 Å². The molecule has 0 unspecified atom stereocenters. The normalized spacial score (nSPS) is 9.42. The van der Waals surface area contributed by atoms with E-state index in [1.54, 1.807) is 24.5 Å². The number of methoxy groups -OCH3 is 2. The molecule has 1 aromatic heterocycles. The Balaban J connectivity index is 0.000000238. The van der Waals surface area contributed by atoms with Gasteiger partial charge in [0.15, 0.2) is 3.95 Å². The van der Waals surface area contributed by atoms with Crippen molar-refractivity contribution in [3.63, 3.8) is 0 Å². The molecule has 0 saturated heterocycles. The second-order valence-electron chi connectivity index (χ2n) is 4.45. The van der Waals surface area contributed by atoms with Crippen LogP contribution in [0.2, 0.25) is 5.02 Å². The molecule has 1 N–H and O–H groups in total. The number of hydrogen-bond donors (Lipinski definition) is 1. The van der Waals surface area contributed by atoms with Crippen molar-refractivity contribution in [3.8, 4) is 11.5 Å². The number of hydrogen-bond acceptors (Lipinski definition) is 6. The van der Waals surface area contributed by atoms with E-state index in [4.69, 9.17) is 33.3 Å². The Labute approximate surface area is 187 Å². The minimum absolute atomic E-state index is 0.112. The summed E-state index contributed by atoms with van der Waals surface area (Å²) in [6, 6.07) is 10.2. The quantitative estimate of drug-likeness (QED) is 0.145. The predicted octanol–water partition coefficient (Wildman–Crippen LogP) is 7.00. The fourth-order valence-corrected chi connectivity index (χ4v) is 3.10. The second kappa shape index (κ2) is 11.9. The third kappa shape index (κ3) is 6.79. The first-order valence-corrected chi connectivity index (χ1v) is 14.6. The maximum absolute atomic E-state index is 10.4. The zero-order valence-corrected chi connectivity index (χ0v) is 20.2. The number of H-pyrrole nitrogens is 1. The number of ether oxygens (including phenoxy) is 2. The van der Waals surface area contributed by atoms with Crippen molar-refractivity contribution in [2.75, 3.05) is 14.2 Å². The van der Waals surface area contributed by atoms with Gasteiger partial charge in [-0.25, -0.2) is 0 Å². The average molecular weight is 639 g/mol. The van der Waals surface area contributed by atoms with E-state index in [1.165, 1.54) is 23.9 Å². The van der Waals surface area contributed by atoms with Crippen LogP contribution in [0.3, 0.4) is 0 Å². The second-order valence-corrected chi connectivity index (χ2v) is 6.58. The van der Waals surface area contributed by atoms with Crippen LogP contribution in [0.1, 0.15) is 0 Å². The van der Waals surface area contributed by atoms with Crippen molar-refractivity contribution >= 4 is 88.3 Å². The van der Waals surface area contributed by atoms with Crippen molar-refractivity contribution in [2.24, 2.45) is 0 Å². The lowest BCUT2D eigenvalue weighted by Crippen LogP contribution is -1.90. The highest BCUT2D eigenvalue weighted by atomic mass is 128. The third-order valence-corrected chi connectivity index (χ3v) is 4.51. The summed E-state index contributed by atoms with van der Waals surface area (Å²) >= 11 is 16.4. The van der Waals surface area contributed by atoms with Crippen LogP contribution in [0.15, 0.2) is 36.4 Å². The molecular weight excluding hydrogens is 626 g/mol. The third-order valence-electron chi connectivity index (χ3n) is 2.98. The SMILES string of the molecule is COc1ccc(Cl)c([N+](=O)[O-])c1.COc1ccc2sc(=S)[nH]c2c1.II. The van der Waals surface area contributed by atoms with Gasteiger partial charge in [-0.05, 0) is 36.5 Å². The average Bonchev–Trinajstić information content (AvgIpc) is 3.03.